The molecule has 4 nitrogen and oxygen atoms in total. The predicted molar refractivity (Wildman–Crippen MR) is 80.1 cm³/mol. The van der Waals surface area contributed by atoms with Gasteiger partial charge in [-0.25, -0.2) is 0 Å². The number of aliphatic hydroxyl groups is 1. The van der Waals surface area contributed by atoms with Gasteiger partial charge in [-0.3, -0.25) is 4.79 Å². The zero-order valence-electron chi connectivity index (χ0n) is 12.1. The van der Waals surface area contributed by atoms with Crippen molar-refractivity contribution in [1.82, 2.24) is 0 Å². The number of hydrogen-bond acceptors (Lipinski definition) is 3. The van der Waals surface area contributed by atoms with Gasteiger partial charge in [0.25, 0.3) is 0 Å². The molecular formula is C16H17ClN2O2. The molecule has 1 aliphatic carbocycles. The van der Waals surface area contributed by atoms with Crippen LogP contribution in [0.15, 0.2) is 12.1 Å². The molecule has 0 unspecified atom stereocenters. The largest absolute Gasteiger partial charge is 0.387 e. The molecule has 2 atom stereocenters. The summed E-state index contributed by atoms with van der Waals surface area (Å²) < 4.78 is 0. The van der Waals surface area contributed by atoms with E-state index in [1.165, 1.54) is 0 Å². The lowest BCUT2D eigenvalue weighted by atomic mass is 9.90. The van der Waals surface area contributed by atoms with Crippen molar-refractivity contribution in [2.75, 3.05) is 4.90 Å². The average molecular weight is 305 g/mol. The van der Waals surface area contributed by atoms with Crippen molar-refractivity contribution >= 4 is 23.2 Å². The van der Waals surface area contributed by atoms with E-state index in [1.54, 1.807) is 24.0 Å². The Morgan fingerprint density at radius 2 is 2.14 bits per heavy atom. The lowest BCUT2D eigenvalue weighted by Crippen LogP contribution is -2.44. The molecule has 0 radical (unpaired) electrons. The highest BCUT2D eigenvalue weighted by Gasteiger charge is 2.56. The summed E-state index contributed by atoms with van der Waals surface area (Å²) in [4.78, 5) is 14.0. The molecule has 0 aromatic heterocycles. The highest BCUT2D eigenvalue weighted by Crippen LogP contribution is 2.49. The zero-order valence-corrected chi connectivity index (χ0v) is 12.8. The van der Waals surface area contributed by atoms with Crippen molar-refractivity contribution < 1.29 is 9.90 Å². The Morgan fingerprint density at radius 3 is 2.71 bits per heavy atom. The second kappa shape index (κ2) is 4.72. The van der Waals surface area contributed by atoms with E-state index >= 15 is 0 Å². The van der Waals surface area contributed by atoms with Crippen LogP contribution in [0.5, 0.6) is 0 Å². The first-order valence-electron chi connectivity index (χ1n) is 7.13. The third-order valence-electron chi connectivity index (χ3n) is 4.84. The van der Waals surface area contributed by atoms with Crippen LogP contribution in [0, 0.1) is 24.2 Å². The summed E-state index contributed by atoms with van der Waals surface area (Å²) in [6, 6.07) is 5.13. The van der Waals surface area contributed by atoms with Crippen LogP contribution in [-0.4, -0.2) is 22.7 Å². The maximum absolute atomic E-state index is 12.4. The molecule has 1 heterocycles. The molecule has 2 fully saturated rings. The molecular weight excluding hydrogens is 288 g/mol. The molecule has 110 valence electrons. The Hall–Kier alpha value is -1.57. The Bertz CT molecular complexity index is 663. The fourth-order valence-electron chi connectivity index (χ4n) is 3.35. The van der Waals surface area contributed by atoms with Crippen LogP contribution in [0.2, 0.25) is 5.02 Å². The monoisotopic (exact) mass is 304 g/mol. The molecule has 0 spiro atoms. The molecule has 21 heavy (non-hydrogen) atoms. The fourth-order valence-corrected chi connectivity index (χ4v) is 3.55. The lowest BCUT2D eigenvalue weighted by molar-refractivity contribution is -0.118. The molecule has 1 saturated heterocycles. The maximum Gasteiger partial charge on any atom is 0.230 e. The van der Waals surface area contributed by atoms with Crippen LogP contribution in [0.1, 0.15) is 37.3 Å². The van der Waals surface area contributed by atoms with Crippen molar-refractivity contribution in [2.45, 2.75) is 44.8 Å². The molecule has 1 aromatic carbocycles. The van der Waals surface area contributed by atoms with Gasteiger partial charge in [-0.2, -0.15) is 5.26 Å². The first-order chi connectivity index (χ1) is 9.90. The summed E-state index contributed by atoms with van der Waals surface area (Å²) >= 11 is 6.20. The molecule has 0 bridgehead atoms. The highest BCUT2D eigenvalue weighted by molar-refractivity contribution is 6.33. The minimum Gasteiger partial charge on any atom is -0.387 e. The zero-order chi connectivity index (χ0) is 15.4. The molecule has 5 heteroatoms. The van der Waals surface area contributed by atoms with Gasteiger partial charge in [0.1, 0.15) is 6.07 Å². The number of benzene rings is 1. The molecule has 1 aromatic rings. The molecule has 1 saturated carbocycles. The summed E-state index contributed by atoms with van der Waals surface area (Å²) in [5.74, 6) is 0.136. The number of carbonyl (C=O) groups is 1. The van der Waals surface area contributed by atoms with Gasteiger partial charge < -0.3 is 10.0 Å². The molecule has 2 aliphatic rings. The van der Waals surface area contributed by atoms with E-state index in [0.717, 1.165) is 12.8 Å². The minimum atomic E-state index is -0.941. The number of nitriles is 1. The first-order valence-corrected chi connectivity index (χ1v) is 7.51. The predicted octanol–water partition coefficient (Wildman–Crippen LogP) is 2.79. The van der Waals surface area contributed by atoms with E-state index in [1.807, 2.05) is 13.0 Å². The molecule has 1 amide bonds. The Kier molecular flexibility index (Phi) is 3.23. The van der Waals surface area contributed by atoms with Crippen LogP contribution in [-0.2, 0) is 4.79 Å². The van der Waals surface area contributed by atoms with Crippen molar-refractivity contribution in [1.29, 1.82) is 5.26 Å². The summed E-state index contributed by atoms with van der Waals surface area (Å²) in [5.41, 5.74) is 0.850. The van der Waals surface area contributed by atoms with Crippen LogP contribution in [0.4, 0.5) is 5.69 Å². The number of amides is 1. The number of rotatable bonds is 2. The van der Waals surface area contributed by atoms with E-state index in [-0.39, 0.29) is 24.3 Å². The van der Waals surface area contributed by atoms with E-state index in [9.17, 15) is 9.90 Å². The second-order valence-electron chi connectivity index (χ2n) is 6.07. The Labute approximate surface area is 128 Å². The maximum atomic E-state index is 12.4. The molecule has 3 rings (SSSR count). The van der Waals surface area contributed by atoms with Gasteiger partial charge in [0.15, 0.2) is 0 Å². The molecule has 1 aliphatic heterocycles. The van der Waals surface area contributed by atoms with E-state index < -0.39 is 5.60 Å². The van der Waals surface area contributed by atoms with Crippen molar-refractivity contribution in [3.63, 3.8) is 0 Å². The van der Waals surface area contributed by atoms with Crippen LogP contribution in [0.3, 0.4) is 0 Å². The standard InChI is InChI=1S/C16H17ClN2O2/c1-9-13(6-3-11(8-18)15(9)17)19-10(2)16(21,7-14(19)20)12-4-5-12/h3,6,10,12,21H,4-5,7H2,1-2H3/t10-,16-/m0/s1. The average Bonchev–Trinajstić information content (AvgIpc) is 3.25. The second-order valence-corrected chi connectivity index (χ2v) is 6.44. The Morgan fingerprint density at radius 1 is 1.48 bits per heavy atom. The van der Waals surface area contributed by atoms with Gasteiger partial charge in [0, 0.05) is 5.69 Å². The number of carbonyl (C=O) groups excluding carboxylic acids is 1. The summed E-state index contributed by atoms with van der Waals surface area (Å²) in [7, 11) is 0. The first kappa shape index (κ1) is 14.4. The Balaban J connectivity index is 2.03. The number of nitrogens with zero attached hydrogens (tertiary/aromatic N) is 2. The van der Waals surface area contributed by atoms with Crippen molar-refractivity contribution in [2.24, 2.45) is 5.92 Å². The van der Waals surface area contributed by atoms with Crippen molar-refractivity contribution in [3.05, 3.63) is 28.3 Å². The topological polar surface area (TPSA) is 64.3 Å². The van der Waals surface area contributed by atoms with E-state index in [0.29, 0.717) is 21.8 Å². The third-order valence-corrected chi connectivity index (χ3v) is 5.32. The lowest BCUT2D eigenvalue weighted by Gasteiger charge is -2.32. The summed E-state index contributed by atoms with van der Waals surface area (Å²) in [6.07, 6.45) is 2.13. The third kappa shape index (κ3) is 2.04. The molecule has 1 N–H and O–H groups in total. The summed E-state index contributed by atoms with van der Waals surface area (Å²) in [5, 5.41) is 20.2. The van der Waals surface area contributed by atoms with Crippen molar-refractivity contribution in [3.8, 4) is 6.07 Å². The van der Waals surface area contributed by atoms with Gasteiger partial charge in [-0.15, -0.1) is 0 Å². The SMILES string of the molecule is Cc1c(N2C(=O)C[C@@](O)(C3CC3)[C@@H]2C)ccc(C#N)c1Cl. The van der Waals surface area contributed by atoms with Gasteiger partial charge in [0.05, 0.1) is 28.6 Å². The normalized spacial score (nSPS) is 28.8. The van der Waals surface area contributed by atoms with Gasteiger partial charge in [-0.05, 0) is 50.3 Å². The number of hydrogen-bond donors (Lipinski definition) is 1. The van der Waals surface area contributed by atoms with Crippen LogP contribution in [0.25, 0.3) is 0 Å². The smallest absolute Gasteiger partial charge is 0.230 e. The minimum absolute atomic E-state index is 0.0826. The summed E-state index contributed by atoms with van der Waals surface area (Å²) in [6.45, 7) is 3.68. The quantitative estimate of drug-likeness (QED) is 0.913. The number of halogens is 1. The van der Waals surface area contributed by atoms with E-state index in [4.69, 9.17) is 16.9 Å². The van der Waals surface area contributed by atoms with Gasteiger partial charge >= 0.3 is 0 Å². The van der Waals surface area contributed by atoms with Gasteiger partial charge in [0.2, 0.25) is 5.91 Å². The highest BCUT2D eigenvalue weighted by atomic mass is 35.5. The number of anilines is 1. The van der Waals surface area contributed by atoms with E-state index in [2.05, 4.69) is 0 Å². The fraction of sp³-hybridized carbons (Fsp3) is 0.500. The van der Waals surface area contributed by atoms with Gasteiger partial charge in [-0.1, -0.05) is 11.6 Å². The van der Waals surface area contributed by atoms with Crippen LogP contribution >= 0.6 is 11.6 Å². The van der Waals surface area contributed by atoms with Crippen LogP contribution < -0.4 is 4.90 Å².